The van der Waals surface area contributed by atoms with Gasteiger partial charge in [0.15, 0.2) is 17.3 Å². The molecule has 0 radical (unpaired) electrons. The number of ether oxygens (including phenoxy) is 1. The molecule has 1 saturated carbocycles. The van der Waals surface area contributed by atoms with Crippen LogP contribution in [-0.2, 0) is 0 Å². The molecule has 2 aromatic heterocycles. The number of hydrogen-bond donors (Lipinski definition) is 3. The molecule has 2 heterocycles. The number of halogens is 3. The molecule has 12 heteroatoms. The van der Waals surface area contributed by atoms with Crippen molar-refractivity contribution in [3.05, 3.63) is 103 Å². The van der Waals surface area contributed by atoms with E-state index in [-0.39, 0.29) is 50.9 Å². The molecule has 0 bridgehead atoms. The molecule has 37 heavy (non-hydrogen) atoms. The number of nitrogen functional groups attached to an aromatic ring is 1. The van der Waals surface area contributed by atoms with E-state index in [9.17, 15) is 23.2 Å². The average molecular weight is 526 g/mol. The summed E-state index contributed by atoms with van der Waals surface area (Å²) < 4.78 is 34.4. The summed E-state index contributed by atoms with van der Waals surface area (Å²) in [7, 11) is 0. The zero-order valence-corrected chi connectivity index (χ0v) is 19.7. The number of carbonyl (C=O) groups is 1. The summed E-state index contributed by atoms with van der Waals surface area (Å²) in [6.45, 7) is 0. The molecule has 0 atom stereocenters. The molecule has 188 valence electrons. The Labute approximate surface area is 212 Å². The molecule has 9 nitrogen and oxygen atoms in total. The predicted molar refractivity (Wildman–Crippen MR) is 133 cm³/mol. The monoisotopic (exact) mass is 525 g/mol. The van der Waals surface area contributed by atoms with Crippen LogP contribution in [0.4, 0.5) is 20.3 Å². The van der Waals surface area contributed by atoms with Crippen LogP contribution in [0.5, 0.6) is 11.5 Å². The van der Waals surface area contributed by atoms with E-state index in [4.69, 9.17) is 22.1 Å². The van der Waals surface area contributed by atoms with Crippen molar-refractivity contribution >= 4 is 29.0 Å². The van der Waals surface area contributed by atoms with Crippen LogP contribution in [0, 0.1) is 11.6 Å². The first-order valence-electron chi connectivity index (χ1n) is 11.1. The first kappa shape index (κ1) is 24.2. The molecule has 1 aliphatic rings. The van der Waals surface area contributed by atoms with Gasteiger partial charge in [-0.25, -0.2) is 23.1 Å². The van der Waals surface area contributed by atoms with Crippen molar-refractivity contribution in [3.63, 3.8) is 0 Å². The lowest BCUT2D eigenvalue weighted by Crippen LogP contribution is -2.40. The van der Waals surface area contributed by atoms with E-state index in [2.05, 4.69) is 15.3 Å². The average Bonchev–Trinajstić information content (AvgIpc) is 3.70. The van der Waals surface area contributed by atoms with E-state index in [0.29, 0.717) is 12.8 Å². The van der Waals surface area contributed by atoms with Gasteiger partial charge >= 0.3 is 5.69 Å². The molecule has 0 saturated heterocycles. The zero-order chi connectivity index (χ0) is 26.3. The second kappa shape index (κ2) is 9.51. The number of aromatic amines is 1. The van der Waals surface area contributed by atoms with Gasteiger partial charge in [-0.3, -0.25) is 9.59 Å². The van der Waals surface area contributed by atoms with Crippen molar-refractivity contribution in [1.82, 2.24) is 14.5 Å². The number of amides is 1. The number of benzene rings is 2. The van der Waals surface area contributed by atoms with E-state index in [1.807, 2.05) is 0 Å². The van der Waals surface area contributed by atoms with Crippen LogP contribution < -0.4 is 27.0 Å². The first-order valence-corrected chi connectivity index (χ1v) is 11.4. The van der Waals surface area contributed by atoms with E-state index in [0.717, 1.165) is 22.8 Å². The minimum atomic E-state index is -0.875. The number of anilines is 2. The van der Waals surface area contributed by atoms with Gasteiger partial charge in [0.05, 0.1) is 5.69 Å². The molecule has 4 aromatic rings. The van der Waals surface area contributed by atoms with Gasteiger partial charge < -0.3 is 20.8 Å². The fourth-order valence-corrected chi connectivity index (χ4v) is 3.92. The van der Waals surface area contributed by atoms with Crippen LogP contribution in [0.1, 0.15) is 34.8 Å². The molecule has 4 N–H and O–H groups in total. The highest BCUT2D eigenvalue weighted by Gasteiger charge is 2.32. The predicted octanol–water partition coefficient (Wildman–Crippen LogP) is 4.36. The Morgan fingerprint density at radius 1 is 1.11 bits per heavy atom. The molecule has 0 spiro atoms. The standard InChI is InChI=1S/C25H18ClF2N5O4/c26-20-18(9-10-30-22(20)29)37-17-8-5-14(11-16(17)28)31-23(34)19-21(12-1-2-12)32-25(36)33(24(19)35)15-6-3-13(27)4-7-15/h3-12H,1-2H2,(H2,29,30)(H,31,34)(H,32,36). The molecule has 1 aliphatic carbocycles. The Morgan fingerprint density at radius 2 is 1.84 bits per heavy atom. The van der Waals surface area contributed by atoms with Gasteiger partial charge in [-0.2, -0.15) is 0 Å². The smallest absolute Gasteiger partial charge is 0.333 e. The molecule has 5 rings (SSSR count). The topological polar surface area (TPSA) is 132 Å². The van der Waals surface area contributed by atoms with E-state index in [1.54, 1.807) is 0 Å². The molecule has 0 unspecified atom stereocenters. The van der Waals surface area contributed by atoms with E-state index >= 15 is 0 Å². The van der Waals surface area contributed by atoms with Gasteiger partial charge in [-0.05, 0) is 49.2 Å². The van der Waals surface area contributed by atoms with Gasteiger partial charge in [0.1, 0.15) is 22.2 Å². The van der Waals surface area contributed by atoms with Crippen molar-refractivity contribution in [3.8, 4) is 17.2 Å². The fourth-order valence-electron chi connectivity index (χ4n) is 3.77. The number of rotatable bonds is 6. The Bertz CT molecular complexity index is 1650. The molecule has 2 aromatic carbocycles. The number of aromatic nitrogens is 3. The Kier molecular flexibility index (Phi) is 6.22. The number of hydrogen-bond acceptors (Lipinski definition) is 6. The molecule has 0 aliphatic heterocycles. The second-order valence-electron chi connectivity index (χ2n) is 8.32. The lowest BCUT2D eigenvalue weighted by molar-refractivity contribution is 0.102. The van der Waals surface area contributed by atoms with Crippen molar-refractivity contribution < 1.29 is 18.3 Å². The van der Waals surface area contributed by atoms with Crippen molar-refractivity contribution in [2.75, 3.05) is 11.1 Å². The van der Waals surface area contributed by atoms with E-state index < -0.39 is 28.8 Å². The summed E-state index contributed by atoms with van der Waals surface area (Å²) in [5.74, 6) is -2.45. The lowest BCUT2D eigenvalue weighted by Gasteiger charge is -2.13. The van der Waals surface area contributed by atoms with Crippen LogP contribution in [-0.4, -0.2) is 20.4 Å². The normalized spacial score (nSPS) is 12.8. The number of nitrogens with zero attached hydrogens (tertiary/aromatic N) is 2. The van der Waals surface area contributed by atoms with Crippen LogP contribution in [0.3, 0.4) is 0 Å². The third-order valence-corrected chi connectivity index (χ3v) is 6.10. The number of nitrogens with two attached hydrogens (primary N) is 1. The largest absolute Gasteiger partial charge is 0.453 e. The Hall–Kier alpha value is -4.51. The summed E-state index contributed by atoms with van der Waals surface area (Å²) in [5.41, 5.74) is 4.05. The maximum atomic E-state index is 14.8. The highest BCUT2D eigenvalue weighted by atomic mass is 35.5. The number of H-pyrrole nitrogens is 1. The minimum absolute atomic E-state index is 0.0159. The van der Waals surface area contributed by atoms with Crippen LogP contribution in [0.15, 0.2) is 64.3 Å². The molecular formula is C25H18ClF2N5O4. The zero-order valence-electron chi connectivity index (χ0n) is 18.9. The fraction of sp³-hybridized carbons (Fsp3) is 0.120. The highest BCUT2D eigenvalue weighted by molar-refractivity contribution is 6.34. The second-order valence-corrected chi connectivity index (χ2v) is 8.70. The van der Waals surface area contributed by atoms with Gasteiger partial charge in [0.25, 0.3) is 11.5 Å². The van der Waals surface area contributed by atoms with Gasteiger partial charge in [-0.15, -0.1) is 0 Å². The summed E-state index contributed by atoms with van der Waals surface area (Å²) in [5, 5.41) is 2.51. The summed E-state index contributed by atoms with van der Waals surface area (Å²) in [4.78, 5) is 45.6. The summed E-state index contributed by atoms with van der Waals surface area (Å²) in [6.07, 6.45) is 2.74. The number of carbonyl (C=O) groups excluding carboxylic acids is 1. The highest BCUT2D eigenvalue weighted by Crippen LogP contribution is 2.40. The van der Waals surface area contributed by atoms with Gasteiger partial charge in [0.2, 0.25) is 0 Å². The molecule has 1 amide bonds. The summed E-state index contributed by atoms with van der Waals surface area (Å²) >= 11 is 6.03. The first-order chi connectivity index (χ1) is 17.7. The van der Waals surface area contributed by atoms with Crippen LogP contribution >= 0.6 is 11.6 Å². The number of nitrogens with one attached hydrogen (secondary N) is 2. The lowest BCUT2D eigenvalue weighted by atomic mass is 10.1. The SMILES string of the molecule is Nc1nccc(Oc2ccc(NC(=O)c3c(C4CC4)[nH]c(=O)n(-c4ccc(F)cc4)c3=O)cc2F)c1Cl. The summed E-state index contributed by atoms with van der Waals surface area (Å²) in [6, 6.07) is 9.75. The maximum Gasteiger partial charge on any atom is 0.333 e. The third-order valence-electron chi connectivity index (χ3n) is 5.72. The van der Waals surface area contributed by atoms with Crippen LogP contribution in [0.25, 0.3) is 5.69 Å². The van der Waals surface area contributed by atoms with Gasteiger partial charge in [0, 0.05) is 35.6 Å². The van der Waals surface area contributed by atoms with Gasteiger partial charge in [-0.1, -0.05) is 11.6 Å². The van der Waals surface area contributed by atoms with Crippen molar-refractivity contribution in [1.29, 1.82) is 0 Å². The van der Waals surface area contributed by atoms with Crippen LogP contribution in [0.2, 0.25) is 5.02 Å². The Balaban J connectivity index is 1.47. The van der Waals surface area contributed by atoms with Crippen molar-refractivity contribution in [2.45, 2.75) is 18.8 Å². The molecular weight excluding hydrogens is 508 g/mol. The Morgan fingerprint density at radius 3 is 2.51 bits per heavy atom. The van der Waals surface area contributed by atoms with E-state index in [1.165, 1.54) is 36.5 Å². The molecule has 1 fully saturated rings. The van der Waals surface area contributed by atoms with Crippen molar-refractivity contribution in [2.24, 2.45) is 0 Å². The maximum absolute atomic E-state index is 14.8. The third kappa shape index (κ3) is 4.81. The minimum Gasteiger partial charge on any atom is -0.453 e. The quantitative estimate of drug-likeness (QED) is 0.343. The number of pyridine rings is 1.